The van der Waals surface area contributed by atoms with Crippen LogP contribution < -0.4 is 10.6 Å². The minimum atomic E-state index is 0.144. The number of benzene rings is 1. The Balaban J connectivity index is 1.59. The fourth-order valence-electron chi connectivity index (χ4n) is 3.48. The summed E-state index contributed by atoms with van der Waals surface area (Å²) < 4.78 is 5.50. The molecule has 2 aliphatic heterocycles. The van der Waals surface area contributed by atoms with Crippen molar-refractivity contribution in [3.63, 3.8) is 0 Å². The van der Waals surface area contributed by atoms with Crippen LogP contribution in [0.5, 0.6) is 0 Å². The van der Waals surface area contributed by atoms with Crippen LogP contribution in [-0.4, -0.2) is 67.7 Å². The van der Waals surface area contributed by atoms with E-state index in [0.29, 0.717) is 19.0 Å². The number of nitrogens with zero attached hydrogens (tertiary/aromatic N) is 1. The molecule has 2 heterocycles. The first-order valence-corrected chi connectivity index (χ1v) is 10.3. The molecular formula is C19H29N3O2S. The van der Waals surface area contributed by atoms with E-state index in [2.05, 4.69) is 46.7 Å². The maximum absolute atomic E-state index is 12.4. The topological polar surface area (TPSA) is 53.6 Å². The number of aryl methyl sites for hydroxylation is 1. The molecule has 2 unspecified atom stereocenters. The normalized spacial score (nSPS) is 23.2. The fourth-order valence-corrected chi connectivity index (χ4v) is 4.43. The number of nitrogens with one attached hydrogen (secondary N) is 2. The highest BCUT2D eigenvalue weighted by Gasteiger charge is 2.24. The van der Waals surface area contributed by atoms with Crippen molar-refractivity contribution >= 4 is 17.7 Å². The van der Waals surface area contributed by atoms with Crippen molar-refractivity contribution in [1.82, 2.24) is 15.5 Å². The molecule has 25 heavy (non-hydrogen) atoms. The van der Waals surface area contributed by atoms with E-state index in [1.165, 1.54) is 11.1 Å². The van der Waals surface area contributed by atoms with Crippen LogP contribution in [0.1, 0.15) is 23.6 Å². The zero-order valence-electron chi connectivity index (χ0n) is 15.0. The third kappa shape index (κ3) is 5.71. The SMILES string of the molecule is Cc1cccc(C(CNC(=O)CC2CSCCN2)N2CCOCC2)c1. The van der Waals surface area contributed by atoms with E-state index >= 15 is 0 Å². The summed E-state index contributed by atoms with van der Waals surface area (Å²) in [7, 11) is 0. The molecule has 0 bridgehead atoms. The summed E-state index contributed by atoms with van der Waals surface area (Å²) in [6.45, 7) is 7.12. The van der Waals surface area contributed by atoms with Crippen LogP contribution in [0, 0.1) is 6.92 Å². The number of morpholine rings is 1. The molecule has 1 amide bonds. The van der Waals surface area contributed by atoms with E-state index in [4.69, 9.17) is 4.74 Å². The Morgan fingerprint density at radius 1 is 1.44 bits per heavy atom. The van der Waals surface area contributed by atoms with Gasteiger partial charge in [0.2, 0.25) is 5.91 Å². The number of amides is 1. The molecule has 6 heteroatoms. The van der Waals surface area contributed by atoms with Gasteiger partial charge < -0.3 is 15.4 Å². The minimum absolute atomic E-state index is 0.144. The van der Waals surface area contributed by atoms with Gasteiger partial charge in [0.25, 0.3) is 0 Å². The predicted molar refractivity (Wildman–Crippen MR) is 103 cm³/mol. The van der Waals surface area contributed by atoms with Crippen molar-refractivity contribution in [1.29, 1.82) is 0 Å². The Kier molecular flexibility index (Phi) is 7.16. The largest absolute Gasteiger partial charge is 0.379 e. The van der Waals surface area contributed by atoms with Gasteiger partial charge in [-0.05, 0) is 12.5 Å². The average Bonchev–Trinajstić information content (AvgIpc) is 2.64. The van der Waals surface area contributed by atoms with Crippen molar-refractivity contribution < 1.29 is 9.53 Å². The van der Waals surface area contributed by atoms with Crippen molar-refractivity contribution in [2.75, 3.05) is 50.9 Å². The lowest BCUT2D eigenvalue weighted by molar-refractivity contribution is -0.121. The number of rotatable bonds is 6. The number of hydrogen-bond acceptors (Lipinski definition) is 5. The zero-order chi connectivity index (χ0) is 17.5. The summed E-state index contributed by atoms with van der Waals surface area (Å²) in [5, 5.41) is 6.61. The molecule has 0 aromatic heterocycles. The van der Waals surface area contributed by atoms with Gasteiger partial charge in [-0.2, -0.15) is 11.8 Å². The Morgan fingerprint density at radius 2 is 2.28 bits per heavy atom. The fraction of sp³-hybridized carbons (Fsp3) is 0.632. The van der Waals surface area contributed by atoms with E-state index in [9.17, 15) is 4.79 Å². The lowest BCUT2D eigenvalue weighted by Crippen LogP contribution is -2.45. The van der Waals surface area contributed by atoms with Gasteiger partial charge in [0.1, 0.15) is 0 Å². The number of thioether (sulfide) groups is 1. The number of ether oxygens (including phenoxy) is 1. The summed E-state index contributed by atoms with van der Waals surface area (Å²) >= 11 is 1.93. The van der Waals surface area contributed by atoms with Crippen LogP contribution in [0.15, 0.2) is 24.3 Å². The minimum Gasteiger partial charge on any atom is -0.379 e. The second-order valence-corrected chi connectivity index (χ2v) is 7.96. The highest BCUT2D eigenvalue weighted by molar-refractivity contribution is 7.99. The molecule has 138 valence electrons. The van der Waals surface area contributed by atoms with Crippen molar-refractivity contribution in [2.45, 2.75) is 25.4 Å². The number of hydrogen-bond donors (Lipinski definition) is 2. The molecule has 5 nitrogen and oxygen atoms in total. The van der Waals surface area contributed by atoms with Gasteiger partial charge in [-0.1, -0.05) is 29.8 Å². The second-order valence-electron chi connectivity index (χ2n) is 6.81. The highest BCUT2D eigenvalue weighted by atomic mass is 32.2. The lowest BCUT2D eigenvalue weighted by atomic mass is 10.0. The predicted octanol–water partition coefficient (Wildman–Crippen LogP) is 1.58. The monoisotopic (exact) mass is 363 g/mol. The molecule has 2 N–H and O–H groups in total. The van der Waals surface area contributed by atoms with Crippen LogP contribution in [-0.2, 0) is 9.53 Å². The second kappa shape index (κ2) is 9.57. The maximum Gasteiger partial charge on any atom is 0.221 e. The Labute approximate surface area is 154 Å². The van der Waals surface area contributed by atoms with Gasteiger partial charge in [-0.3, -0.25) is 9.69 Å². The van der Waals surface area contributed by atoms with Crippen LogP contribution in [0.25, 0.3) is 0 Å². The number of carbonyl (C=O) groups excluding carboxylic acids is 1. The molecule has 2 atom stereocenters. The molecule has 3 rings (SSSR count). The first-order chi connectivity index (χ1) is 12.2. The van der Waals surface area contributed by atoms with E-state index in [0.717, 1.165) is 44.4 Å². The molecule has 1 aromatic rings. The van der Waals surface area contributed by atoms with Gasteiger partial charge in [0.05, 0.1) is 19.3 Å². The first kappa shape index (κ1) is 18.7. The highest BCUT2D eigenvalue weighted by Crippen LogP contribution is 2.22. The third-order valence-corrected chi connectivity index (χ3v) is 5.97. The Hall–Kier alpha value is -1.08. The number of carbonyl (C=O) groups is 1. The van der Waals surface area contributed by atoms with Crippen LogP contribution in [0.4, 0.5) is 0 Å². The summed E-state index contributed by atoms with van der Waals surface area (Å²) in [4.78, 5) is 14.8. The molecule has 2 aliphatic rings. The molecular weight excluding hydrogens is 334 g/mol. The van der Waals surface area contributed by atoms with E-state index in [1.807, 2.05) is 11.8 Å². The summed E-state index contributed by atoms with van der Waals surface area (Å²) in [5.41, 5.74) is 2.53. The molecule has 2 fully saturated rings. The lowest BCUT2D eigenvalue weighted by Gasteiger charge is -2.35. The van der Waals surface area contributed by atoms with Gasteiger partial charge in [-0.25, -0.2) is 0 Å². The third-order valence-electron chi connectivity index (χ3n) is 4.84. The van der Waals surface area contributed by atoms with E-state index in [1.54, 1.807) is 0 Å². The molecule has 0 saturated carbocycles. The van der Waals surface area contributed by atoms with Crippen LogP contribution in [0.3, 0.4) is 0 Å². The summed E-state index contributed by atoms with van der Waals surface area (Å²) in [6, 6.07) is 9.12. The van der Waals surface area contributed by atoms with Crippen molar-refractivity contribution in [3.8, 4) is 0 Å². The van der Waals surface area contributed by atoms with E-state index in [-0.39, 0.29) is 11.9 Å². The van der Waals surface area contributed by atoms with Crippen LogP contribution in [0.2, 0.25) is 0 Å². The van der Waals surface area contributed by atoms with Gasteiger partial charge >= 0.3 is 0 Å². The molecule has 1 aromatic carbocycles. The van der Waals surface area contributed by atoms with E-state index < -0.39 is 0 Å². The Morgan fingerprint density at radius 3 is 3.00 bits per heavy atom. The molecule has 0 aliphatic carbocycles. The quantitative estimate of drug-likeness (QED) is 0.804. The average molecular weight is 364 g/mol. The standard InChI is InChI=1S/C19H29N3O2S/c1-15-3-2-4-16(11-15)18(22-6-8-24-9-7-22)13-21-19(23)12-17-14-25-10-5-20-17/h2-4,11,17-18,20H,5-10,12-14H2,1H3,(H,21,23). The van der Waals surface area contributed by atoms with Crippen molar-refractivity contribution in [3.05, 3.63) is 35.4 Å². The summed E-state index contributed by atoms with van der Waals surface area (Å²) in [5.74, 6) is 2.31. The van der Waals surface area contributed by atoms with Crippen molar-refractivity contribution in [2.24, 2.45) is 0 Å². The smallest absolute Gasteiger partial charge is 0.221 e. The van der Waals surface area contributed by atoms with Crippen LogP contribution >= 0.6 is 11.8 Å². The summed E-state index contributed by atoms with van der Waals surface area (Å²) in [6.07, 6.45) is 0.566. The zero-order valence-corrected chi connectivity index (χ0v) is 15.8. The molecule has 0 spiro atoms. The van der Waals surface area contributed by atoms with Gasteiger partial charge in [-0.15, -0.1) is 0 Å². The first-order valence-electron chi connectivity index (χ1n) is 9.18. The maximum atomic E-state index is 12.4. The molecule has 0 radical (unpaired) electrons. The molecule has 2 saturated heterocycles. The van der Waals surface area contributed by atoms with Gasteiger partial charge in [0, 0.05) is 50.1 Å². The Bertz CT molecular complexity index is 557. The van der Waals surface area contributed by atoms with Gasteiger partial charge in [0.15, 0.2) is 0 Å².